The fourth-order valence-corrected chi connectivity index (χ4v) is 2.50. The maximum atomic E-state index is 12.6. The Morgan fingerprint density at radius 2 is 1.75 bits per heavy atom. The zero-order valence-electron chi connectivity index (χ0n) is 14.0. The van der Waals surface area contributed by atoms with Gasteiger partial charge in [0, 0.05) is 5.56 Å². The first-order chi connectivity index (χ1) is 11.4. The number of hydrogen-bond acceptors (Lipinski definition) is 2. The highest BCUT2D eigenvalue weighted by molar-refractivity contribution is 6.33. The average Bonchev–Trinajstić information content (AvgIpc) is 2.54. The molecule has 0 saturated carbocycles. The predicted molar refractivity (Wildman–Crippen MR) is 97.4 cm³/mol. The molecule has 0 spiro atoms. The van der Waals surface area contributed by atoms with Gasteiger partial charge in [-0.2, -0.15) is 0 Å². The van der Waals surface area contributed by atoms with Gasteiger partial charge in [0.05, 0.1) is 10.7 Å². The second kappa shape index (κ2) is 7.97. The minimum absolute atomic E-state index is 0.0683. The van der Waals surface area contributed by atoms with Crippen LogP contribution in [0.2, 0.25) is 5.02 Å². The fourth-order valence-electron chi connectivity index (χ4n) is 2.32. The van der Waals surface area contributed by atoms with Gasteiger partial charge in [0.15, 0.2) is 0 Å². The second-order valence-corrected chi connectivity index (χ2v) is 6.44. The van der Waals surface area contributed by atoms with Crippen molar-refractivity contribution in [2.24, 2.45) is 5.92 Å². The third-order valence-corrected chi connectivity index (χ3v) is 3.98. The van der Waals surface area contributed by atoms with Crippen LogP contribution in [0, 0.1) is 12.8 Å². The Bertz CT molecular complexity index is 744. The van der Waals surface area contributed by atoms with Crippen LogP contribution < -0.4 is 10.6 Å². The van der Waals surface area contributed by atoms with Gasteiger partial charge in [0.1, 0.15) is 6.04 Å². The number of nitrogens with one attached hydrogen (secondary N) is 2. The summed E-state index contributed by atoms with van der Waals surface area (Å²) in [6, 6.07) is 13.6. The maximum Gasteiger partial charge on any atom is 0.251 e. The molecule has 5 heteroatoms. The van der Waals surface area contributed by atoms with Gasteiger partial charge in [-0.05, 0) is 37.1 Å². The number of halogens is 1. The number of aryl methyl sites for hydroxylation is 1. The van der Waals surface area contributed by atoms with Crippen LogP contribution in [-0.4, -0.2) is 17.9 Å². The normalized spacial score (nSPS) is 11.9. The molecule has 0 aliphatic heterocycles. The van der Waals surface area contributed by atoms with Crippen molar-refractivity contribution in [2.45, 2.75) is 26.8 Å². The van der Waals surface area contributed by atoms with Crippen LogP contribution >= 0.6 is 11.6 Å². The molecule has 1 atom stereocenters. The Morgan fingerprint density at radius 3 is 2.38 bits per heavy atom. The molecule has 2 N–H and O–H groups in total. The van der Waals surface area contributed by atoms with Gasteiger partial charge in [-0.1, -0.05) is 55.3 Å². The molecule has 126 valence electrons. The van der Waals surface area contributed by atoms with Crippen LogP contribution in [0.15, 0.2) is 48.5 Å². The number of rotatable bonds is 5. The molecular weight excluding hydrogens is 324 g/mol. The van der Waals surface area contributed by atoms with E-state index in [1.807, 2.05) is 32.9 Å². The molecule has 0 aliphatic carbocycles. The van der Waals surface area contributed by atoms with E-state index in [4.69, 9.17) is 11.6 Å². The predicted octanol–water partition coefficient (Wildman–Crippen LogP) is 4.04. The lowest BCUT2D eigenvalue weighted by Gasteiger charge is -2.22. The highest BCUT2D eigenvalue weighted by Gasteiger charge is 2.25. The molecule has 1 unspecified atom stereocenters. The van der Waals surface area contributed by atoms with E-state index in [1.54, 1.807) is 36.4 Å². The number of amides is 2. The van der Waals surface area contributed by atoms with Gasteiger partial charge in [-0.15, -0.1) is 0 Å². The quantitative estimate of drug-likeness (QED) is 0.860. The summed E-state index contributed by atoms with van der Waals surface area (Å²) in [5.74, 6) is -0.632. The molecule has 2 amide bonds. The summed E-state index contributed by atoms with van der Waals surface area (Å²) in [4.78, 5) is 25.0. The van der Waals surface area contributed by atoms with E-state index in [2.05, 4.69) is 10.6 Å². The number of anilines is 1. The van der Waals surface area contributed by atoms with Crippen LogP contribution in [0.3, 0.4) is 0 Å². The molecule has 2 aromatic rings. The molecule has 0 aromatic heterocycles. The van der Waals surface area contributed by atoms with Crippen molar-refractivity contribution in [3.8, 4) is 0 Å². The van der Waals surface area contributed by atoms with E-state index in [0.717, 1.165) is 5.56 Å². The molecule has 0 saturated heterocycles. The Morgan fingerprint density at radius 1 is 1.04 bits per heavy atom. The van der Waals surface area contributed by atoms with Gasteiger partial charge < -0.3 is 10.6 Å². The first kappa shape index (κ1) is 18.0. The monoisotopic (exact) mass is 344 g/mol. The van der Waals surface area contributed by atoms with E-state index in [-0.39, 0.29) is 17.7 Å². The summed E-state index contributed by atoms with van der Waals surface area (Å²) >= 11 is 6.07. The standard InChI is InChI=1S/C19H21ClN2O2/c1-12(2)17(19(24)21-16-10-5-4-9-15(16)20)22-18(23)14-8-6-7-13(3)11-14/h4-12,17H,1-3H3,(H,21,24)(H,22,23). The zero-order chi connectivity index (χ0) is 17.7. The smallest absolute Gasteiger partial charge is 0.251 e. The zero-order valence-corrected chi connectivity index (χ0v) is 14.7. The van der Waals surface area contributed by atoms with Crippen LogP contribution in [0.25, 0.3) is 0 Å². The molecule has 0 bridgehead atoms. The van der Waals surface area contributed by atoms with E-state index >= 15 is 0 Å². The van der Waals surface area contributed by atoms with Gasteiger partial charge in [-0.25, -0.2) is 0 Å². The number of benzene rings is 2. The lowest BCUT2D eigenvalue weighted by atomic mass is 10.0. The van der Waals surface area contributed by atoms with Gasteiger partial charge >= 0.3 is 0 Å². The topological polar surface area (TPSA) is 58.2 Å². The molecule has 0 aliphatic rings. The highest BCUT2D eigenvalue weighted by atomic mass is 35.5. The Kier molecular flexibility index (Phi) is 5.99. The van der Waals surface area contributed by atoms with E-state index < -0.39 is 6.04 Å². The summed E-state index contributed by atoms with van der Waals surface area (Å²) in [5, 5.41) is 6.04. The summed E-state index contributed by atoms with van der Waals surface area (Å²) in [6.45, 7) is 5.68. The minimum Gasteiger partial charge on any atom is -0.340 e. The largest absolute Gasteiger partial charge is 0.340 e. The molecule has 4 nitrogen and oxygen atoms in total. The molecule has 2 rings (SSSR count). The molecule has 24 heavy (non-hydrogen) atoms. The van der Waals surface area contributed by atoms with Crippen LogP contribution in [0.4, 0.5) is 5.69 Å². The van der Waals surface area contributed by atoms with Crippen molar-refractivity contribution in [2.75, 3.05) is 5.32 Å². The first-order valence-electron chi connectivity index (χ1n) is 7.81. The number of carbonyl (C=O) groups excluding carboxylic acids is 2. The minimum atomic E-state index is -0.658. The van der Waals surface area contributed by atoms with Crippen molar-refractivity contribution >= 4 is 29.1 Å². The Labute approximate surface area is 147 Å². The molecule has 2 aromatic carbocycles. The van der Waals surface area contributed by atoms with E-state index in [0.29, 0.717) is 16.3 Å². The van der Waals surface area contributed by atoms with Crippen molar-refractivity contribution < 1.29 is 9.59 Å². The number of hydrogen-bond donors (Lipinski definition) is 2. The Balaban J connectivity index is 2.13. The van der Waals surface area contributed by atoms with E-state index in [1.165, 1.54) is 0 Å². The van der Waals surface area contributed by atoms with Gasteiger partial charge in [0.2, 0.25) is 5.91 Å². The van der Waals surface area contributed by atoms with Gasteiger partial charge in [-0.3, -0.25) is 9.59 Å². The van der Waals surface area contributed by atoms with Crippen molar-refractivity contribution in [1.29, 1.82) is 0 Å². The summed E-state index contributed by atoms with van der Waals surface area (Å²) in [6.07, 6.45) is 0. The molecule has 0 heterocycles. The second-order valence-electron chi connectivity index (χ2n) is 6.03. The first-order valence-corrected chi connectivity index (χ1v) is 8.19. The van der Waals surface area contributed by atoms with E-state index in [9.17, 15) is 9.59 Å². The maximum absolute atomic E-state index is 12.6. The van der Waals surface area contributed by atoms with Crippen molar-refractivity contribution in [3.05, 3.63) is 64.7 Å². The SMILES string of the molecule is Cc1cccc(C(=O)NC(C(=O)Nc2ccccc2Cl)C(C)C)c1. The number of carbonyl (C=O) groups is 2. The third kappa shape index (κ3) is 4.59. The van der Waals surface area contributed by atoms with Crippen LogP contribution in [0.5, 0.6) is 0 Å². The fraction of sp³-hybridized carbons (Fsp3) is 0.263. The average molecular weight is 345 g/mol. The summed E-state index contributed by atoms with van der Waals surface area (Å²) < 4.78 is 0. The lowest BCUT2D eigenvalue weighted by Crippen LogP contribution is -2.47. The van der Waals surface area contributed by atoms with Crippen molar-refractivity contribution in [1.82, 2.24) is 5.32 Å². The highest BCUT2D eigenvalue weighted by Crippen LogP contribution is 2.21. The van der Waals surface area contributed by atoms with Crippen LogP contribution in [0.1, 0.15) is 29.8 Å². The lowest BCUT2D eigenvalue weighted by molar-refractivity contribution is -0.118. The third-order valence-electron chi connectivity index (χ3n) is 3.65. The van der Waals surface area contributed by atoms with Crippen molar-refractivity contribution in [3.63, 3.8) is 0 Å². The molecule has 0 radical (unpaired) electrons. The summed E-state index contributed by atoms with van der Waals surface area (Å²) in [5.41, 5.74) is 2.05. The molecular formula is C19H21ClN2O2. The van der Waals surface area contributed by atoms with Crippen LogP contribution in [-0.2, 0) is 4.79 Å². The Hall–Kier alpha value is -2.33. The summed E-state index contributed by atoms with van der Waals surface area (Å²) in [7, 11) is 0. The van der Waals surface area contributed by atoms with Gasteiger partial charge in [0.25, 0.3) is 5.91 Å². The molecule has 0 fully saturated rings. The number of para-hydroxylation sites is 1.